The zero-order valence-electron chi connectivity index (χ0n) is 9.50. The monoisotopic (exact) mass is 216 g/mol. The molecule has 1 aliphatic carbocycles. The van der Waals surface area contributed by atoms with Crippen molar-refractivity contribution in [2.45, 2.75) is 13.8 Å². The van der Waals surface area contributed by atoms with Crippen LogP contribution in [-0.4, -0.2) is 21.3 Å². The molecule has 0 amide bonds. The van der Waals surface area contributed by atoms with Crippen LogP contribution in [0.2, 0.25) is 0 Å². The van der Waals surface area contributed by atoms with E-state index in [-0.39, 0.29) is 11.6 Å². The van der Waals surface area contributed by atoms with Crippen molar-refractivity contribution in [1.82, 2.24) is 9.78 Å². The molecule has 0 radical (unpaired) electrons. The minimum absolute atomic E-state index is 0.129. The van der Waals surface area contributed by atoms with Crippen LogP contribution in [0.15, 0.2) is 17.7 Å². The summed E-state index contributed by atoms with van der Waals surface area (Å²) in [4.78, 5) is 24.1. The van der Waals surface area contributed by atoms with Gasteiger partial charge >= 0.3 is 0 Å². The van der Waals surface area contributed by atoms with Gasteiger partial charge in [0, 0.05) is 18.2 Å². The number of carbonyl (C=O) groups excluding carboxylic acids is 2. The summed E-state index contributed by atoms with van der Waals surface area (Å²) in [5.74, 6) is -0.259. The number of aromatic nitrogens is 2. The van der Waals surface area contributed by atoms with Crippen molar-refractivity contribution in [1.29, 1.82) is 0 Å². The number of hydrogen-bond acceptors (Lipinski definition) is 3. The number of allylic oxidation sites excluding steroid dienone is 2. The van der Waals surface area contributed by atoms with Gasteiger partial charge in [-0.3, -0.25) is 14.3 Å². The molecule has 16 heavy (non-hydrogen) atoms. The van der Waals surface area contributed by atoms with Gasteiger partial charge in [0.15, 0.2) is 5.78 Å². The maximum atomic E-state index is 12.1. The standard InChI is InChI=1S/C12H12N2O2/c1-5-8-9-10(14(4)13-8)12(16)7(3)6(2)11(9)15/h5H,1H2,2-4H3. The van der Waals surface area contributed by atoms with E-state index in [2.05, 4.69) is 11.7 Å². The van der Waals surface area contributed by atoms with E-state index in [4.69, 9.17) is 0 Å². The summed E-state index contributed by atoms with van der Waals surface area (Å²) in [5, 5.41) is 4.11. The predicted molar refractivity (Wildman–Crippen MR) is 60.3 cm³/mol. The zero-order valence-corrected chi connectivity index (χ0v) is 9.50. The Morgan fingerprint density at radius 2 is 1.75 bits per heavy atom. The molecule has 0 atom stereocenters. The number of aryl methyl sites for hydroxylation is 1. The number of hydrogen-bond donors (Lipinski definition) is 0. The number of ketones is 2. The van der Waals surface area contributed by atoms with Crippen molar-refractivity contribution in [3.63, 3.8) is 0 Å². The van der Waals surface area contributed by atoms with E-state index in [1.165, 1.54) is 10.8 Å². The van der Waals surface area contributed by atoms with Crippen molar-refractivity contribution < 1.29 is 9.59 Å². The molecule has 1 aromatic heterocycles. The molecule has 0 unspecified atom stereocenters. The van der Waals surface area contributed by atoms with Crippen molar-refractivity contribution in [3.05, 3.63) is 34.7 Å². The molecular formula is C12H12N2O2. The van der Waals surface area contributed by atoms with Gasteiger partial charge in [-0.1, -0.05) is 6.58 Å². The topological polar surface area (TPSA) is 52.0 Å². The van der Waals surface area contributed by atoms with Gasteiger partial charge in [-0.25, -0.2) is 0 Å². The summed E-state index contributed by atoms with van der Waals surface area (Å²) in [5.41, 5.74) is 2.21. The lowest BCUT2D eigenvalue weighted by Crippen LogP contribution is -2.21. The molecule has 0 spiro atoms. The van der Waals surface area contributed by atoms with E-state index >= 15 is 0 Å². The largest absolute Gasteiger partial charge is 0.289 e. The van der Waals surface area contributed by atoms with Gasteiger partial charge in [-0.2, -0.15) is 5.10 Å². The van der Waals surface area contributed by atoms with Crippen LogP contribution in [-0.2, 0) is 7.05 Å². The Bertz CT molecular complexity index is 562. The molecule has 0 aromatic carbocycles. The smallest absolute Gasteiger partial charge is 0.207 e. The molecule has 82 valence electrons. The number of nitrogens with zero attached hydrogens (tertiary/aromatic N) is 2. The van der Waals surface area contributed by atoms with E-state index in [0.717, 1.165) is 0 Å². The highest BCUT2D eigenvalue weighted by molar-refractivity contribution is 6.26. The Morgan fingerprint density at radius 1 is 1.19 bits per heavy atom. The summed E-state index contributed by atoms with van der Waals surface area (Å²) in [6.45, 7) is 6.93. The Balaban J connectivity index is 2.82. The first-order valence-electron chi connectivity index (χ1n) is 4.95. The third-order valence-electron chi connectivity index (χ3n) is 2.95. The van der Waals surface area contributed by atoms with Gasteiger partial charge in [0.25, 0.3) is 0 Å². The van der Waals surface area contributed by atoms with Crippen molar-refractivity contribution in [2.75, 3.05) is 0 Å². The predicted octanol–water partition coefficient (Wildman–Crippen LogP) is 1.78. The number of fused-ring (bicyclic) bond motifs is 1. The fraction of sp³-hybridized carbons (Fsp3) is 0.250. The maximum absolute atomic E-state index is 12.1. The SMILES string of the molecule is C=Cc1nn(C)c2c1C(=O)C(C)=C(C)C2=O. The molecule has 4 heteroatoms. The first-order chi connectivity index (χ1) is 7.49. The molecule has 0 bridgehead atoms. The van der Waals surface area contributed by atoms with E-state index in [1.807, 2.05) is 0 Å². The lowest BCUT2D eigenvalue weighted by molar-refractivity contribution is 0.0969. The summed E-state index contributed by atoms with van der Waals surface area (Å²) < 4.78 is 1.45. The minimum atomic E-state index is -0.130. The molecule has 0 aliphatic heterocycles. The van der Waals surface area contributed by atoms with Crippen molar-refractivity contribution in [3.8, 4) is 0 Å². The van der Waals surface area contributed by atoms with Gasteiger partial charge in [-0.15, -0.1) is 0 Å². The molecular weight excluding hydrogens is 204 g/mol. The Labute approximate surface area is 93.3 Å². The summed E-state index contributed by atoms with van der Waals surface area (Å²) in [6.07, 6.45) is 1.50. The van der Waals surface area contributed by atoms with Crippen molar-refractivity contribution in [2.24, 2.45) is 7.05 Å². The van der Waals surface area contributed by atoms with Gasteiger partial charge in [0.1, 0.15) is 5.69 Å². The number of rotatable bonds is 1. The highest BCUT2D eigenvalue weighted by atomic mass is 16.1. The van der Waals surface area contributed by atoms with Crippen LogP contribution in [0.25, 0.3) is 6.08 Å². The van der Waals surface area contributed by atoms with Crippen LogP contribution in [0.3, 0.4) is 0 Å². The van der Waals surface area contributed by atoms with E-state index in [9.17, 15) is 9.59 Å². The minimum Gasteiger partial charge on any atom is -0.289 e. The second-order valence-corrected chi connectivity index (χ2v) is 3.84. The molecule has 0 saturated carbocycles. The quantitative estimate of drug-likeness (QED) is 0.719. The first kappa shape index (κ1) is 10.5. The van der Waals surface area contributed by atoms with Crippen LogP contribution in [0.5, 0.6) is 0 Å². The number of carbonyl (C=O) groups is 2. The lowest BCUT2D eigenvalue weighted by atomic mass is 9.88. The van der Waals surface area contributed by atoms with Gasteiger partial charge < -0.3 is 0 Å². The van der Waals surface area contributed by atoms with Gasteiger partial charge in [0.05, 0.1) is 11.3 Å². The fourth-order valence-electron chi connectivity index (χ4n) is 1.88. The summed E-state index contributed by atoms with van der Waals surface area (Å²) >= 11 is 0. The third-order valence-corrected chi connectivity index (χ3v) is 2.95. The van der Waals surface area contributed by atoms with E-state index in [0.29, 0.717) is 28.1 Å². The molecule has 4 nitrogen and oxygen atoms in total. The molecule has 0 saturated heterocycles. The summed E-state index contributed by atoms with van der Waals surface area (Å²) in [7, 11) is 1.66. The van der Waals surface area contributed by atoms with Crippen LogP contribution < -0.4 is 0 Å². The second kappa shape index (κ2) is 3.27. The molecule has 1 aromatic rings. The Kier molecular flexibility index (Phi) is 2.15. The Hall–Kier alpha value is -1.97. The first-order valence-corrected chi connectivity index (χ1v) is 4.95. The highest BCUT2D eigenvalue weighted by Crippen LogP contribution is 2.28. The lowest BCUT2D eigenvalue weighted by Gasteiger charge is -2.13. The van der Waals surface area contributed by atoms with E-state index < -0.39 is 0 Å². The molecule has 1 heterocycles. The molecule has 2 rings (SSSR count). The molecule has 1 aliphatic rings. The summed E-state index contributed by atoms with van der Waals surface area (Å²) in [6, 6.07) is 0. The number of Topliss-reactive ketones (excluding diaryl/α,β-unsaturated/α-hetero) is 2. The normalized spacial score (nSPS) is 15.4. The van der Waals surface area contributed by atoms with Crippen LogP contribution in [0, 0.1) is 0 Å². The van der Waals surface area contributed by atoms with Crippen LogP contribution >= 0.6 is 0 Å². The highest BCUT2D eigenvalue weighted by Gasteiger charge is 2.33. The van der Waals surface area contributed by atoms with Gasteiger partial charge in [-0.05, 0) is 19.9 Å². The van der Waals surface area contributed by atoms with Crippen LogP contribution in [0.4, 0.5) is 0 Å². The fourth-order valence-corrected chi connectivity index (χ4v) is 1.88. The average Bonchev–Trinajstić information content (AvgIpc) is 2.60. The van der Waals surface area contributed by atoms with Crippen molar-refractivity contribution >= 4 is 17.6 Å². The maximum Gasteiger partial charge on any atom is 0.207 e. The zero-order chi connectivity index (χ0) is 12.0. The molecule has 0 fully saturated rings. The Morgan fingerprint density at radius 3 is 2.31 bits per heavy atom. The second-order valence-electron chi connectivity index (χ2n) is 3.84. The molecule has 0 N–H and O–H groups in total. The van der Waals surface area contributed by atoms with Crippen LogP contribution in [0.1, 0.15) is 40.4 Å². The third kappa shape index (κ3) is 1.13. The average molecular weight is 216 g/mol. The van der Waals surface area contributed by atoms with E-state index in [1.54, 1.807) is 20.9 Å². The van der Waals surface area contributed by atoms with Gasteiger partial charge in [0.2, 0.25) is 5.78 Å².